The van der Waals surface area contributed by atoms with Crippen LogP contribution in [0.2, 0.25) is 0 Å². The number of hydrogen-bond donors (Lipinski definition) is 2. The minimum absolute atomic E-state index is 0.00922. The summed E-state index contributed by atoms with van der Waals surface area (Å²) in [6.45, 7) is 0.681. The molecule has 0 bridgehead atoms. The fourth-order valence-electron chi connectivity index (χ4n) is 2.17. The number of hydroxylamine groups is 1. The van der Waals surface area contributed by atoms with Gasteiger partial charge in [0.1, 0.15) is 0 Å². The van der Waals surface area contributed by atoms with Gasteiger partial charge in [0, 0.05) is 6.04 Å². The van der Waals surface area contributed by atoms with Gasteiger partial charge in [-0.15, -0.1) is 0 Å². The van der Waals surface area contributed by atoms with Gasteiger partial charge < -0.3 is 5.32 Å². The molecule has 0 unspecified atom stereocenters. The zero-order valence-electron chi connectivity index (χ0n) is 10.5. The molecule has 1 fully saturated rings. The van der Waals surface area contributed by atoms with E-state index in [9.17, 15) is 4.79 Å². The van der Waals surface area contributed by atoms with Gasteiger partial charge in [0.05, 0.1) is 13.2 Å². The molecule has 0 spiro atoms. The zero-order valence-corrected chi connectivity index (χ0v) is 10.5. The molecule has 1 aromatic carbocycles. The van der Waals surface area contributed by atoms with Crippen LogP contribution in [0.3, 0.4) is 0 Å². The molecule has 1 aliphatic carbocycles. The normalized spacial score (nSPS) is 15.8. The first-order valence-electron chi connectivity index (χ1n) is 6.52. The largest absolute Gasteiger partial charge is 0.352 e. The Bertz CT molecular complexity index is 361. The molecule has 0 atom stereocenters. The average Bonchev–Trinajstić information content (AvgIpc) is 2.89. The van der Waals surface area contributed by atoms with Crippen molar-refractivity contribution in [2.45, 2.75) is 38.3 Å². The second kappa shape index (κ2) is 7.13. The lowest BCUT2D eigenvalue weighted by Crippen LogP contribution is -2.39. The number of amides is 1. The number of benzene rings is 1. The maximum atomic E-state index is 11.6. The molecule has 98 valence electrons. The predicted molar refractivity (Wildman–Crippen MR) is 69.6 cm³/mol. The van der Waals surface area contributed by atoms with Crippen LogP contribution >= 0.6 is 0 Å². The van der Waals surface area contributed by atoms with E-state index in [1.54, 1.807) is 0 Å². The first-order chi connectivity index (χ1) is 8.84. The molecule has 0 aromatic heterocycles. The summed E-state index contributed by atoms with van der Waals surface area (Å²) < 4.78 is 0. The summed E-state index contributed by atoms with van der Waals surface area (Å²) in [6.07, 6.45) is 4.67. The van der Waals surface area contributed by atoms with Crippen LogP contribution in [-0.4, -0.2) is 18.5 Å². The van der Waals surface area contributed by atoms with Gasteiger partial charge in [-0.1, -0.05) is 43.2 Å². The van der Waals surface area contributed by atoms with Crippen LogP contribution in [0.1, 0.15) is 31.2 Å². The minimum Gasteiger partial charge on any atom is -0.352 e. The third kappa shape index (κ3) is 4.47. The molecule has 4 heteroatoms. The van der Waals surface area contributed by atoms with E-state index in [0.717, 1.165) is 18.4 Å². The first kappa shape index (κ1) is 13.1. The number of nitrogens with one attached hydrogen (secondary N) is 2. The van der Waals surface area contributed by atoms with Crippen molar-refractivity contribution in [1.29, 1.82) is 0 Å². The predicted octanol–water partition coefficient (Wildman–Crippen LogP) is 1.77. The first-order valence-corrected chi connectivity index (χ1v) is 6.52. The van der Waals surface area contributed by atoms with E-state index in [-0.39, 0.29) is 12.5 Å². The molecule has 18 heavy (non-hydrogen) atoms. The van der Waals surface area contributed by atoms with E-state index >= 15 is 0 Å². The standard InChI is InChI=1S/C14H20N2O2/c17-14(16-13-8-4-5-9-13)10-15-18-11-12-6-2-1-3-7-12/h1-3,6-7,13,15H,4-5,8-11H2,(H,16,17). The van der Waals surface area contributed by atoms with Gasteiger partial charge in [0.15, 0.2) is 0 Å². The highest BCUT2D eigenvalue weighted by molar-refractivity contribution is 5.78. The maximum Gasteiger partial charge on any atom is 0.236 e. The van der Waals surface area contributed by atoms with Crippen LogP contribution in [0.25, 0.3) is 0 Å². The van der Waals surface area contributed by atoms with E-state index in [1.807, 2.05) is 30.3 Å². The highest BCUT2D eigenvalue weighted by Gasteiger charge is 2.16. The lowest BCUT2D eigenvalue weighted by molar-refractivity contribution is -0.123. The van der Waals surface area contributed by atoms with Crippen molar-refractivity contribution in [2.75, 3.05) is 6.54 Å². The van der Waals surface area contributed by atoms with Gasteiger partial charge in [-0.2, -0.15) is 5.48 Å². The van der Waals surface area contributed by atoms with Crippen molar-refractivity contribution in [2.24, 2.45) is 0 Å². The second-order valence-corrected chi connectivity index (χ2v) is 4.64. The molecule has 0 saturated heterocycles. The lowest BCUT2D eigenvalue weighted by atomic mass is 10.2. The molecule has 1 aliphatic rings. The summed E-state index contributed by atoms with van der Waals surface area (Å²) in [5.41, 5.74) is 3.78. The highest BCUT2D eigenvalue weighted by atomic mass is 16.6. The maximum absolute atomic E-state index is 11.6. The summed E-state index contributed by atoms with van der Waals surface area (Å²) >= 11 is 0. The van der Waals surface area contributed by atoms with Crippen molar-refractivity contribution < 1.29 is 9.63 Å². The quantitative estimate of drug-likeness (QED) is 0.596. The Morgan fingerprint density at radius 3 is 2.67 bits per heavy atom. The molecule has 4 nitrogen and oxygen atoms in total. The monoisotopic (exact) mass is 248 g/mol. The Morgan fingerprint density at radius 1 is 1.22 bits per heavy atom. The number of hydrogen-bond acceptors (Lipinski definition) is 3. The Hall–Kier alpha value is -1.39. The molecule has 1 amide bonds. The number of rotatable bonds is 6. The van der Waals surface area contributed by atoms with E-state index < -0.39 is 0 Å². The van der Waals surface area contributed by atoms with Crippen molar-refractivity contribution in [3.05, 3.63) is 35.9 Å². The Morgan fingerprint density at radius 2 is 1.94 bits per heavy atom. The van der Waals surface area contributed by atoms with Crippen molar-refractivity contribution in [1.82, 2.24) is 10.8 Å². The van der Waals surface area contributed by atoms with E-state index in [0.29, 0.717) is 12.6 Å². The van der Waals surface area contributed by atoms with Gasteiger partial charge in [0.25, 0.3) is 0 Å². The van der Waals surface area contributed by atoms with Crippen molar-refractivity contribution in [3.8, 4) is 0 Å². The molecule has 2 rings (SSSR count). The Labute approximate surface area is 108 Å². The van der Waals surface area contributed by atoms with E-state index in [1.165, 1.54) is 12.8 Å². The molecule has 1 saturated carbocycles. The summed E-state index contributed by atoms with van der Waals surface area (Å²) in [5, 5.41) is 3.00. The average molecular weight is 248 g/mol. The third-order valence-corrected chi connectivity index (χ3v) is 3.14. The molecular formula is C14H20N2O2. The van der Waals surface area contributed by atoms with Crippen LogP contribution in [0.4, 0.5) is 0 Å². The molecule has 0 heterocycles. The summed E-state index contributed by atoms with van der Waals surface area (Å²) in [7, 11) is 0. The van der Waals surface area contributed by atoms with Gasteiger partial charge in [-0.05, 0) is 18.4 Å². The fourth-order valence-corrected chi connectivity index (χ4v) is 2.17. The summed E-state index contributed by atoms with van der Waals surface area (Å²) in [5.74, 6) is 0.00922. The van der Waals surface area contributed by atoms with Crippen LogP contribution in [0, 0.1) is 0 Å². The van der Waals surface area contributed by atoms with Crippen molar-refractivity contribution in [3.63, 3.8) is 0 Å². The smallest absolute Gasteiger partial charge is 0.236 e. The topological polar surface area (TPSA) is 50.4 Å². The molecule has 0 radical (unpaired) electrons. The zero-order chi connectivity index (χ0) is 12.6. The lowest BCUT2D eigenvalue weighted by Gasteiger charge is -2.12. The SMILES string of the molecule is O=C(CNOCc1ccccc1)NC1CCCC1. The molecule has 0 aliphatic heterocycles. The van der Waals surface area contributed by atoms with E-state index in [4.69, 9.17) is 4.84 Å². The summed E-state index contributed by atoms with van der Waals surface area (Å²) in [4.78, 5) is 16.8. The highest BCUT2D eigenvalue weighted by Crippen LogP contribution is 2.17. The third-order valence-electron chi connectivity index (χ3n) is 3.14. The Balaban J connectivity index is 1.56. The van der Waals surface area contributed by atoms with Gasteiger partial charge in [0.2, 0.25) is 5.91 Å². The van der Waals surface area contributed by atoms with Crippen LogP contribution < -0.4 is 10.8 Å². The minimum atomic E-state index is 0.00922. The fraction of sp³-hybridized carbons (Fsp3) is 0.500. The number of carbonyl (C=O) groups excluding carboxylic acids is 1. The van der Waals surface area contributed by atoms with Gasteiger partial charge >= 0.3 is 0 Å². The van der Waals surface area contributed by atoms with Gasteiger partial charge in [-0.3, -0.25) is 9.63 Å². The van der Waals surface area contributed by atoms with Crippen molar-refractivity contribution >= 4 is 5.91 Å². The second-order valence-electron chi connectivity index (χ2n) is 4.64. The van der Waals surface area contributed by atoms with Crippen LogP contribution in [0.5, 0.6) is 0 Å². The number of carbonyl (C=O) groups is 1. The molecular weight excluding hydrogens is 228 g/mol. The van der Waals surface area contributed by atoms with E-state index in [2.05, 4.69) is 10.8 Å². The molecule has 2 N–H and O–H groups in total. The van der Waals surface area contributed by atoms with Crippen LogP contribution in [0.15, 0.2) is 30.3 Å². The van der Waals surface area contributed by atoms with Crippen LogP contribution in [-0.2, 0) is 16.2 Å². The molecule has 1 aromatic rings. The summed E-state index contributed by atoms with van der Waals surface area (Å²) in [6, 6.07) is 10.2. The Kier molecular flexibility index (Phi) is 5.17. The van der Waals surface area contributed by atoms with Gasteiger partial charge in [-0.25, -0.2) is 0 Å².